The number of hydrogen-bond acceptors (Lipinski definition) is 3. The van der Waals surface area contributed by atoms with E-state index in [1.54, 1.807) is 23.5 Å². The first-order chi connectivity index (χ1) is 8.60. The number of anilines is 1. The topological polar surface area (TPSA) is 27.0 Å². The van der Waals surface area contributed by atoms with Crippen LogP contribution in [0.2, 0.25) is 5.02 Å². The molecule has 0 bridgehead atoms. The molecule has 0 amide bonds. The van der Waals surface area contributed by atoms with Gasteiger partial charge in [0.05, 0.1) is 15.0 Å². The summed E-state index contributed by atoms with van der Waals surface area (Å²) in [6.45, 7) is 0.762. The van der Waals surface area contributed by atoms with Crippen LogP contribution in [0.25, 0.3) is 0 Å². The molecule has 2 rings (SSSR count). The van der Waals surface area contributed by atoms with E-state index in [1.165, 1.54) is 5.56 Å². The molecule has 18 heavy (non-hydrogen) atoms. The highest BCUT2D eigenvalue weighted by Crippen LogP contribution is 2.26. The summed E-state index contributed by atoms with van der Waals surface area (Å²) in [6.07, 6.45) is 0. The molecule has 92 valence electrons. The maximum atomic E-state index is 9.12. The van der Waals surface area contributed by atoms with Gasteiger partial charge in [0, 0.05) is 18.6 Å². The number of nitrogens with zero attached hydrogens (tertiary/aromatic N) is 2. The largest absolute Gasteiger partial charge is 0.369 e. The van der Waals surface area contributed by atoms with Crippen LogP contribution in [0.5, 0.6) is 0 Å². The monoisotopic (exact) mass is 340 g/mol. The highest BCUT2D eigenvalue weighted by atomic mass is 79.9. The Morgan fingerprint density at radius 1 is 1.44 bits per heavy atom. The van der Waals surface area contributed by atoms with E-state index in [0.29, 0.717) is 10.6 Å². The lowest BCUT2D eigenvalue weighted by atomic mass is 10.1. The van der Waals surface area contributed by atoms with Crippen molar-refractivity contribution < 1.29 is 0 Å². The maximum Gasteiger partial charge on any atom is 0.101 e. The molecular weight excluding hydrogens is 332 g/mol. The van der Waals surface area contributed by atoms with Gasteiger partial charge in [-0.1, -0.05) is 11.6 Å². The molecule has 0 N–H and O–H groups in total. The molecule has 1 aromatic heterocycles. The first-order valence-electron chi connectivity index (χ1n) is 5.24. The minimum absolute atomic E-state index is 0.585. The zero-order chi connectivity index (χ0) is 13.1. The molecule has 1 aromatic carbocycles. The van der Waals surface area contributed by atoms with Crippen molar-refractivity contribution in [2.24, 2.45) is 0 Å². The molecule has 5 heteroatoms. The van der Waals surface area contributed by atoms with Crippen molar-refractivity contribution >= 4 is 44.6 Å². The lowest BCUT2D eigenvalue weighted by Gasteiger charge is -2.20. The number of rotatable bonds is 3. The normalized spacial score (nSPS) is 10.1. The molecule has 0 unspecified atom stereocenters. The van der Waals surface area contributed by atoms with Crippen molar-refractivity contribution in [3.63, 3.8) is 0 Å². The molecule has 0 fully saturated rings. The Bertz CT molecular complexity index is 603. The summed E-state index contributed by atoms with van der Waals surface area (Å²) in [5.74, 6) is 0. The van der Waals surface area contributed by atoms with E-state index in [9.17, 15) is 0 Å². The lowest BCUT2D eigenvalue weighted by Crippen LogP contribution is -2.17. The summed E-state index contributed by atoms with van der Waals surface area (Å²) in [7, 11) is 1.97. The van der Waals surface area contributed by atoms with Crippen LogP contribution in [0.3, 0.4) is 0 Å². The lowest BCUT2D eigenvalue weighted by molar-refractivity contribution is 0.925. The summed E-state index contributed by atoms with van der Waals surface area (Å²) >= 11 is 11.0. The third-order valence-electron chi connectivity index (χ3n) is 2.53. The summed E-state index contributed by atoms with van der Waals surface area (Å²) < 4.78 is 1.11. The number of halogens is 2. The quantitative estimate of drug-likeness (QED) is 0.811. The smallest absolute Gasteiger partial charge is 0.101 e. The second-order valence-corrected chi connectivity index (χ2v) is 6.62. The first-order valence-corrected chi connectivity index (χ1v) is 7.29. The molecular formula is C13H10BrClN2S. The Balaban J connectivity index is 2.24. The van der Waals surface area contributed by atoms with Gasteiger partial charge in [-0.05, 0) is 51.1 Å². The van der Waals surface area contributed by atoms with Crippen molar-refractivity contribution in [1.82, 2.24) is 0 Å². The van der Waals surface area contributed by atoms with Gasteiger partial charge in [-0.15, -0.1) is 11.3 Å². The number of nitriles is 1. The van der Waals surface area contributed by atoms with Gasteiger partial charge in [0.1, 0.15) is 6.07 Å². The predicted molar refractivity (Wildman–Crippen MR) is 80.3 cm³/mol. The molecule has 0 spiro atoms. The number of benzene rings is 1. The van der Waals surface area contributed by atoms with Crippen LogP contribution < -0.4 is 4.90 Å². The summed E-state index contributed by atoms with van der Waals surface area (Å²) in [5.41, 5.74) is 2.71. The van der Waals surface area contributed by atoms with E-state index in [1.807, 2.05) is 18.0 Å². The Labute approximate surface area is 124 Å². The van der Waals surface area contributed by atoms with Crippen LogP contribution in [-0.4, -0.2) is 7.05 Å². The molecule has 0 aliphatic heterocycles. The number of thiophene rings is 1. The molecule has 1 heterocycles. The molecule has 0 saturated carbocycles. The Morgan fingerprint density at radius 2 is 2.22 bits per heavy atom. The Morgan fingerprint density at radius 3 is 2.83 bits per heavy atom. The second-order valence-electron chi connectivity index (χ2n) is 3.89. The van der Waals surface area contributed by atoms with Crippen molar-refractivity contribution in [2.45, 2.75) is 6.54 Å². The zero-order valence-electron chi connectivity index (χ0n) is 9.65. The zero-order valence-corrected chi connectivity index (χ0v) is 12.8. The van der Waals surface area contributed by atoms with E-state index in [-0.39, 0.29) is 0 Å². The average molecular weight is 342 g/mol. The fourth-order valence-electron chi connectivity index (χ4n) is 1.72. The van der Waals surface area contributed by atoms with Gasteiger partial charge in [0.2, 0.25) is 0 Å². The van der Waals surface area contributed by atoms with Gasteiger partial charge in [0.15, 0.2) is 0 Å². The van der Waals surface area contributed by atoms with E-state index >= 15 is 0 Å². The van der Waals surface area contributed by atoms with Gasteiger partial charge >= 0.3 is 0 Å². The van der Waals surface area contributed by atoms with Gasteiger partial charge in [-0.2, -0.15) is 5.26 Å². The maximum absolute atomic E-state index is 9.12. The highest BCUT2D eigenvalue weighted by molar-refractivity contribution is 9.11. The van der Waals surface area contributed by atoms with Crippen LogP contribution in [0.1, 0.15) is 11.1 Å². The molecule has 0 aliphatic rings. The van der Waals surface area contributed by atoms with Crippen LogP contribution in [0.4, 0.5) is 5.69 Å². The van der Waals surface area contributed by atoms with Gasteiger partial charge in [0.25, 0.3) is 0 Å². The summed E-state index contributed by atoms with van der Waals surface area (Å²) in [6, 6.07) is 9.63. The molecule has 0 saturated heterocycles. The molecule has 2 nitrogen and oxygen atoms in total. The number of hydrogen-bond donors (Lipinski definition) is 0. The fourth-order valence-corrected chi connectivity index (χ4v) is 3.09. The van der Waals surface area contributed by atoms with Gasteiger partial charge in [-0.25, -0.2) is 0 Å². The second kappa shape index (κ2) is 5.75. The first kappa shape index (κ1) is 13.4. The summed E-state index contributed by atoms with van der Waals surface area (Å²) in [5, 5.41) is 11.8. The minimum atomic E-state index is 0.585. The molecule has 0 radical (unpaired) electrons. The van der Waals surface area contributed by atoms with Crippen molar-refractivity contribution in [3.8, 4) is 6.07 Å². The Kier molecular flexibility index (Phi) is 4.28. The fraction of sp³-hybridized carbons (Fsp3) is 0.154. The predicted octanol–water partition coefficient (Wildman–Crippen LogP) is 4.67. The van der Waals surface area contributed by atoms with Gasteiger partial charge < -0.3 is 4.90 Å². The van der Waals surface area contributed by atoms with E-state index in [0.717, 1.165) is 16.0 Å². The average Bonchev–Trinajstić information content (AvgIpc) is 2.74. The van der Waals surface area contributed by atoms with Crippen LogP contribution in [0, 0.1) is 11.3 Å². The van der Waals surface area contributed by atoms with Crippen molar-refractivity contribution in [3.05, 3.63) is 49.6 Å². The van der Waals surface area contributed by atoms with Crippen LogP contribution in [-0.2, 0) is 6.54 Å². The summed E-state index contributed by atoms with van der Waals surface area (Å²) in [4.78, 5) is 2.05. The SMILES string of the molecule is CN(Cc1csc(Br)c1)c1ccc(Cl)cc1C#N. The van der Waals surface area contributed by atoms with E-state index < -0.39 is 0 Å². The standard InChI is InChI=1S/C13H10BrClN2S/c1-17(7-9-4-13(14)18-8-9)12-3-2-11(15)5-10(12)6-16/h2-5,8H,7H2,1H3. The highest BCUT2D eigenvalue weighted by Gasteiger charge is 2.09. The van der Waals surface area contributed by atoms with E-state index in [4.69, 9.17) is 16.9 Å². The van der Waals surface area contributed by atoms with Crippen LogP contribution in [0.15, 0.2) is 33.4 Å². The Hall–Kier alpha value is -1.02. The van der Waals surface area contributed by atoms with Gasteiger partial charge in [-0.3, -0.25) is 0 Å². The molecule has 0 aliphatic carbocycles. The van der Waals surface area contributed by atoms with E-state index in [2.05, 4.69) is 33.4 Å². The third-order valence-corrected chi connectivity index (χ3v) is 4.32. The molecule has 2 aromatic rings. The van der Waals surface area contributed by atoms with Crippen molar-refractivity contribution in [2.75, 3.05) is 11.9 Å². The van der Waals surface area contributed by atoms with Crippen LogP contribution >= 0.6 is 38.9 Å². The third kappa shape index (κ3) is 3.05. The van der Waals surface area contributed by atoms with Crippen molar-refractivity contribution in [1.29, 1.82) is 5.26 Å². The molecule has 0 atom stereocenters. The minimum Gasteiger partial charge on any atom is -0.369 e.